The summed E-state index contributed by atoms with van der Waals surface area (Å²) in [4.78, 5) is 0.282. The van der Waals surface area contributed by atoms with E-state index in [0.717, 1.165) is 30.7 Å². The van der Waals surface area contributed by atoms with Gasteiger partial charge >= 0.3 is 0 Å². The number of aromatic nitrogens is 4. The molecule has 94 valence electrons. The Morgan fingerprint density at radius 2 is 2.11 bits per heavy atom. The SMILES string of the molecule is Nc1c(F)cc(F)cc1Sc1nnnn1C1CC1. The third kappa shape index (κ3) is 2.03. The van der Waals surface area contributed by atoms with E-state index in [9.17, 15) is 8.78 Å². The van der Waals surface area contributed by atoms with Crippen LogP contribution >= 0.6 is 11.8 Å². The fraction of sp³-hybridized carbons (Fsp3) is 0.300. The van der Waals surface area contributed by atoms with Crippen LogP contribution in [-0.4, -0.2) is 20.2 Å². The minimum absolute atomic E-state index is 0.0910. The van der Waals surface area contributed by atoms with Gasteiger partial charge in [-0.3, -0.25) is 0 Å². The van der Waals surface area contributed by atoms with E-state index in [1.165, 1.54) is 6.07 Å². The first-order valence-electron chi connectivity index (χ1n) is 5.35. The van der Waals surface area contributed by atoms with Crippen LogP contribution in [0.25, 0.3) is 0 Å². The molecule has 1 saturated carbocycles. The topological polar surface area (TPSA) is 69.6 Å². The average Bonchev–Trinajstić information content (AvgIpc) is 3.07. The molecule has 0 atom stereocenters. The van der Waals surface area contributed by atoms with Crippen LogP contribution < -0.4 is 5.73 Å². The highest BCUT2D eigenvalue weighted by molar-refractivity contribution is 7.99. The van der Waals surface area contributed by atoms with Crippen LogP contribution in [0.4, 0.5) is 14.5 Å². The third-order valence-corrected chi connectivity index (χ3v) is 3.62. The molecule has 18 heavy (non-hydrogen) atoms. The maximum atomic E-state index is 13.3. The number of nitrogens with two attached hydrogens (primary N) is 1. The maximum absolute atomic E-state index is 13.3. The van der Waals surface area contributed by atoms with Gasteiger partial charge in [-0.1, -0.05) is 0 Å². The second-order valence-electron chi connectivity index (χ2n) is 4.04. The van der Waals surface area contributed by atoms with Gasteiger partial charge in [0.05, 0.1) is 11.7 Å². The molecule has 1 aromatic heterocycles. The molecule has 0 saturated heterocycles. The van der Waals surface area contributed by atoms with E-state index in [1.807, 2.05) is 0 Å². The van der Waals surface area contributed by atoms with Crippen molar-refractivity contribution >= 4 is 17.4 Å². The van der Waals surface area contributed by atoms with Gasteiger partial charge in [-0.25, -0.2) is 13.5 Å². The molecule has 8 heteroatoms. The highest BCUT2D eigenvalue weighted by Crippen LogP contribution is 2.39. The lowest BCUT2D eigenvalue weighted by Gasteiger charge is -2.06. The van der Waals surface area contributed by atoms with Crippen LogP contribution in [0.2, 0.25) is 0 Å². The van der Waals surface area contributed by atoms with Gasteiger partial charge in [0, 0.05) is 11.0 Å². The number of tetrazole rings is 1. The van der Waals surface area contributed by atoms with Crippen molar-refractivity contribution in [2.24, 2.45) is 0 Å². The Bertz CT molecular complexity index is 596. The second-order valence-corrected chi connectivity index (χ2v) is 5.05. The Hall–Kier alpha value is -1.70. The molecule has 1 aliphatic carbocycles. The Morgan fingerprint density at radius 1 is 1.33 bits per heavy atom. The van der Waals surface area contributed by atoms with Crippen LogP contribution in [0.15, 0.2) is 22.2 Å². The number of benzene rings is 1. The van der Waals surface area contributed by atoms with Crippen molar-refractivity contribution in [1.29, 1.82) is 0 Å². The average molecular weight is 269 g/mol. The molecule has 0 aliphatic heterocycles. The number of rotatable bonds is 3. The number of hydrogen-bond acceptors (Lipinski definition) is 5. The Balaban J connectivity index is 1.94. The summed E-state index contributed by atoms with van der Waals surface area (Å²) in [6, 6.07) is 2.22. The predicted molar refractivity (Wildman–Crippen MR) is 61.0 cm³/mol. The van der Waals surface area contributed by atoms with Crippen molar-refractivity contribution in [3.8, 4) is 0 Å². The molecule has 3 rings (SSSR count). The standard InChI is InChI=1S/C10H9F2N5S/c11-5-3-7(12)9(13)8(4-5)18-10-14-15-16-17(10)6-1-2-6/h3-4,6H,1-2,13H2. The molecule has 1 aliphatic rings. The van der Waals surface area contributed by atoms with Gasteiger partial charge in [-0.2, -0.15) is 0 Å². The summed E-state index contributed by atoms with van der Waals surface area (Å²) >= 11 is 1.07. The Labute approximate surface area is 105 Å². The highest BCUT2D eigenvalue weighted by Gasteiger charge is 2.28. The van der Waals surface area contributed by atoms with Gasteiger partial charge in [0.15, 0.2) is 0 Å². The summed E-state index contributed by atoms with van der Waals surface area (Å²) in [5, 5.41) is 11.8. The Kier molecular flexibility index (Phi) is 2.66. The molecule has 0 unspecified atom stereocenters. The predicted octanol–water partition coefficient (Wildman–Crippen LogP) is 2.02. The smallest absolute Gasteiger partial charge is 0.214 e. The zero-order chi connectivity index (χ0) is 12.7. The zero-order valence-electron chi connectivity index (χ0n) is 9.18. The fourth-order valence-corrected chi connectivity index (χ4v) is 2.48. The van der Waals surface area contributed by atoms with Gasteiger partial charge in [0.25, 0.3) is 0 Å². The van der Waals surface area contributed by atoms with Crippen molar-refractivity contribution in [3.05, 3.63) is 23.8 Å². The van der Waals surface area contributed by atoms with Gasteiger partial charge in [0.2, 0.25) is 5.16 Å². The van der Waals surface area contributed by atoms with E-state index in [2.05, 4.69) is 15.5 Å². The lowest BCUT2D eigenvalue weighted by molar-refractivity contribution is 0.564. The quantitative estimate of drug-likeness (QED) is 0.863. The number of anilines is 1. The summed E-state index contributed by atoms with van der Waals surface area (Å²) in [6.07, 6.45) is 2.04. The van der Waals surface area contributed by atoms with Crippen LogP contribution in [0.3, 0.4) is 0 Å². The van der Waals surface area contributed by atoms with Crippen molar-refractivity contribution in [3.63, 3.8) is 0 Å². The lowest BCUT2D eigenvalue weighted by atomic mass is 10.3. The summed E-state index contributed by atoms with van der Waals surface area (Å²) in [5.41, 5.74) is 5.48. The van der Waals surface area contributed by atoms with E-state index in [1.54, 1.807) is 4.68 Å². The number of halogens is 2. The van der Waals surface area contributed by atoms with E-state index >= 15 is 0 Å². The van der Waals surface area contributed by atoms with Gasteiger partial charge in [0.1, 0.15) is 11.6 Å². The maximum Gasteiger partial charge on any atom is 0.214 e. The monoisotopic (exact) mass is 269 g/mol. The van der Waals surface area contributed by atoms with E-state index < -0.39 is 11.6 Å². The van der Waals surface area contributed by atoms with E-state index in [0.29, 0.717) is 11.2 Å². The number of nitrogen functional groups attached to an aromatic ring is 1. The molecule has 1 fully saturated rings. The molecule has 0 amide bonds. The molecule has 0 radical (unpaired) electrons. The molecular formula is C10H9F2N5S. The molecular weight excluding hydrogens is 260 g/mol. The van der Waals surface area contributed by atoms with Crippen molar-refractivity contribution in [1.82, 2.24) is 20.2 Å². The fourth-order valence-electron chi connectivity index (χ4n) is 1.54. The summed E-state index contributed by atoms with van der Waals surface area (Å²) in [7, 11) is 0. The molecule has 5 nitrogen and oxygen atoms in total. The zero-order valence-corrected chi connectivity index (χ0v) is 9.99. The van der Waals surface area contributed by atoms with Crippen LogP contribution in [0.5, 0.6) is 0 Å². The normalized spacial score (nSPS) is 15.0. The van der Waals surface area contributed by atoms with Crippen LogP contribution in [0, 0.1) is 11.6 Å². The Morgan fingerprint density at radius 3 is 2.83 bits per heavy atom. The van der Waals surface area contributed by atoms with E-state index in [-0.39, 0.29) is 10.6 Å². The number of hydrogen-bond donors (Lipinski definition) is 1. The van der Waals surface area contributed by atoms with Gasteiger partial charge < -0.3 is 5.73 Å². The van der Waals surface area contributed by atoms with Crippen molar-refractivity contribution < 1.29 is 8.78 Å². The van der Waals surface area contributed by atoms with Gasteiger partial charge in [-0.05, 0) is 41.1 Å². The van der Waals surface area contributed by atoms with Crippen LogP contribution in [0.1, 0.15) is 18.9 Å². The summed E-state index contributed by atoms with van der Waals surface area (Å²) < 4.78 is 28.1. The minimum Gasteiger partial charge on any atom is -0.395 e. The molecule has 1 aromatic carbocycles. The van der Waals surface area contributed by atoms with E-state index in [4.69, 9.17) is 5.73 Å². The summed E-state index contributed by atoms with van der Waals surface area (Å²) in [5.74, 6) is -1.45. The van der Waals surface area contributed by atoms with Crippen LogP contribution in [-0.2, 0) is 0 Å². The summed E-state index contributed by atoms with van der Waals surface area (Å²) in [6.45, 7) is 0. The first-order valence-corrected chi connectivity index (χ1v) is 6.17. The molecule has 2 N–H and O–H groups in total. The van der Waals surface area contributed by atoms with Crippen molar-refractivity contribution in [2.45, 2.75) is 28.9 Å². The number of nitrogens with zero attached hydrogens (tertiary/aromatic N) is 4. The van der Waals surface area contributed by atoms with Gasteiger partial charge in [-0.15, -0.1) is 5.10 Å². The molecule has 1 heterocycles. The minimum atomic E-state index is -0.775. The third-order valence-electron chi connectivity index (χ3n) is 2.61. The first kappa shape index (κ1) is 11.4. The lowest BCUT2D eigenvalue weighted by Crippen LogP contribution is -2.00. The largest absolute Gasteiger partial charge is 0.395 e. The highest BCUT2D eigenvalue weighted by atomic mass is 32.2. The molecule has 2 aromatic rings. The first-order chi connectivity index (χ1) is 8.65. The molecule has 0 spiro atoms. The molecule has 0 bridgehead atoms. The van der Waals surface area contributed by atoms with Crippen molar-refractivity contribution in [2.75, 3.05) is 5.73 Å². The second kappa shape index (κ2) is 4.20.